The van der Waals surface area contributed by atoms with E-state index in [1.807, 2.05) is 0 Å². The molecule has 2 heterocycles. The lowest BCUT2D eigenvalue weighted by molar-refractivity contribution is -0.384. The number of halogens is 1. The van der Waals surface area contributed by atoms with Gasteiger partial charge in [0.2, 0.25) is 5.28 Å². The summed E-state index contributed by atoms with van der Waals surface area (Å²) in [6.45, 7) is 0. The van der Waals surface area contributed by atoms with Crippen LogP contribution in [-0.4, -0.2) is 24.9 Å². The highest BCUT2D eigenvalue weighted by Crippen LogP contribution is 2.25. The van der Waals surface area contributed by atoms with Gasteiger partial charge in [-0.3, -0.25) is 20.1 Å². The molecule has 0 radical (unpaired) electrons. The van der Waals surface area contributed by atoms with E-state index in [-0.39, 0.29) is 22.4 Å². The van der Waals surface area contributed by atoms with Crippen LogP contribution < -0.4 is 0 Å². The summed E-state index contributed by atoms with van der Waals surface area (Å²) in [4.78, 5) is 25.2. The van der Waals surface area contributed by atoms with Crippen molar-refractivity contribution in [3.8, 4) is 11.4 Å². The Labute approximate surface area is 94.3 Å². The van der Waals surface area contributed by atoms with Crippen molar-refractivity contribution in [1.29, 1.82) is 0 Å². The van der Waals surface area contributed by atoms with E-state index in [4.69, 9.17) is 11.6 Å². The molecule has 7 nitrogen and oxygen atoms in total. The summed E-state index contributed by atoms with van der Waals surface area (Å²) in [6.07, 6.45) is 5.28. The molecule has 0 N–H and O–H groups in total. The second-order valence-corrected chi connectivity index (χ2v) is 3.06. The third-order valence-corrected chi connectivity index (χ3v) is 1.92. The largest absolute Gasteiger partial charge is 0.315 e. The fourth-order valence-electron chi connectivity index (χ4n) is 1.10. The van der Waals surface area contributed by atoms with Crippen LogP contribution in [0.1, 0.15) is 0 Å². The first-order valence-electron chi connectivity index (χ1n) is 4.12. The molecular formula is C8H4ClN5O2. The maximum absolute atomic E-state index is 10.7. The van der Waals surface area contributed by atoms with E-state index in [1.54, 1.807) is 0 Å². The fraction of sp³-hybridized carbons (Fsp3) is 0. The van der Waals surface area contributed by atoms with Gasteiger partial charge in [-0.25, -0.2) is 9.97 Å². The normalized spacial score (nSPS) is 10.1. The zero-order valence-electron chi connectivity index (χ0n) is 7.74. The maximum atomic E-state index is 10.7. The lowest BCUT2D eigenvalue weighted by atomic mass is 10.3. The second kappa shape index (κ2) is 4.15. The highest BCUT2D eigenvalue weighted by atomic mass is 35.5. The maximum Gasteiger partial charge on any atom is 0.315 e. The van der Waals surface area contributed by atoms with Crippen molar-refractivity contribution < 1.29 is 4.92 Å². The minimum absolute atomic E-state index is 0.0538. The molecule has 0 aliphatic carbocycles. The number of hydrogen-bond donors (Lipinski definition) is 0. The average molecular weight is 238 g/mol. The predicted molar refractivity (Wildman–Crippen MR) is 54.7 cm³/mol. The van der Waals surface area contributed by atoms with Crippen LogP contribution >= 0.6 is 11.6 Å². The summed E-state index contributed by atoms with van der Waals surface area (Å²) in [7, 11) is 0. The van der Waals surface area contributed by atoms with Crippen LogP contribution in [0.25, 0.3) is 11.4 Å². The lowest BCUT2D eigenvalue weighted by Crippen LogP contribution is -1.98. The molecule has 0 saturated heterocycles. The Balaban J connectivity index is 2.63. The number of nitrogens with zero attached hydrogens (tertiary/aromatic N) is 5. The molecule has 0 fully saturated rings. The first-order chi connectivity index (χ1) is 7.68. The molecule has 0 spiro atoms. The van der Waals surface area contributed by atoms with E-state index in [9.17, 15) is 10.1 Å². The molecule has 0 atom stereocenters. The van der Waals surface area contributed by atoms with Crippen molar-refractivity contribution in [3.63, 3.8) is 0 Å². The molecule has 2 aromatic heterocycles. The topological polar surface area (TPSA) is 94.7 Å². The van der Waals surface area contributed by atoms with Gasteiger partial charge >= 0.3 is 5.69 Å². The molecule has 0 bridgehead atoms. The first-order valence-corrected chi connectivity index (χ1v) is 4.49. The Kier molecular flexibility index (Phi) is 2.69. The highest BCUT2D eigenvalue weighted by Gasteiger charge is 2.19. The molecule has 80 valence electrons. The van der Waals surface area contributed by atoms with Crippen molar-refractivity contribution >= 4 is 17.3 Å². The van der Waals surface area contributed by atoms with E-state index in [2.05, 4.69) is 19.9 Å². The number of aromatic nitrogens is 4. The van der Waals surface area contributed by atoms with Crippen LogP contribution in [0.3, 0.4) is 0 Å². The number of rotatable bonds is 2. The van der Waals surface area contributed by atoms with Crippen molar-refractivity contribution in [1.82, 2.24) is 19.9 Å². The third kappa shape index (κ3) is 1.94. The van der Waals surface area contributed by atoms with Gasteiger partial charge in [0.25, 0.3) is 0 Å². The molecule has 0 saturated carbocycles. The zero-order valence-corrected chi connectivity index (χ0v) is 8.50. The standard InChI is InChI=1S/C8H4ClN5O2/c9-8-12-4-6(14(15)16)7(13-8)5-3-10-1-2-11-5/h1-4H. The van der Waals surface area contributed by atoms with E-state index in [0.717, 1.165) is 6.20 Å². The summed E-state index contributed by atoms with van der Waals surface area (Å²) in [5.41, 5.74) is 0.0708. The van der Waals surface area contributed by atoms with E-state index in [0.29, 0.717) is 0 Å². The molecule has 0 unspecified atom stereocenters. The highest BCUT2D eigenvalue weighted by molar-refractivity contribution is 6.28. The summed E-state index contributed by atoms with van der Waals surface area (Å²) >= 11 is 5.58. The number of nitro groups is 1. The van der Waals surface area contributed by atoms with Gasteiger partial charge in [0.15, 0.2) is 5.69 Å². The summed E-state index contributed by atoms with van der Waals surface area (Å²) in [6, 6.07) is 0. The van der Waals surface area contributed by atoms with Gasteiger partial charge < -0.3 is 0 Å². The van der Waals surface area contributed by atoms with E-state index < -0.39 is 4.92 Å². The van der Waals surface area contributed by atoms with Crippen LogP contribution in [0, 0.1) is 10.1 Å². The Bertz CT molecular complexity index is 533. The van der Waals surface area contributed by atoms with Crippen LogP contribution in [0.15, 0.2) is 24.8 Å². The molecule has 2 rings (SSSR count). The monoisotopic (exact) mass is 237 g/mol. The van der Waals surface area contributed by atoms with Gasteiger partial charge in [0, 0.05) is 12.4 Å². The Morgan fingerprint density at radius 3 is 2.69 bits per heavy atom. The zero-order chi connectivity index (χ0) is 11.5. The predicted octanol–water partition coefficient (Wildman–Crippen LogP) is 1.50. The van der Waals surface area contributed by atoms with Gasteiger partial charge in [-0.05, 0) is 11.6 Å². The Morgan fingerprint density at radius 1 is 1.25 bits per heavy atom. The smallest absolute Gasteiger partial charge is 0.261 e. The van der Waals surface area contributed by atoms with Crippen molar-refractivity contribution in [2.45, 2.75) is 0 Å². The molecule has 0 aliphatic rings. The summed E-state index contributed by atoms with van der Waals surface area (Å²) in [5.74, 6) is 0. The molecule has 0 aliphatic heterocycles. The van der Waals surface area contributed by atoms with Gasteiger partial charge in [-0.1, -0.05) is 0 Å². The van der Waals surface area contributed by atoms with Crippen molar-refractivity contribution in [3.05, 3.63) is 40.2 Å². The van der Waals surface area contributed by atoms with Crippen LogP contribution in [0.4, 0.5) is 5.69 Å². The van der Waals surface area contributed by atoms with E-state index in [1.165, 1.54) is 18.6 Å². The van der Waals surface area contributed by atoms with Gasteiger partial charge in [-0.2, -0.15) is 0 Å². The lowest BCUT2D eigenvalue weighted by Gasteiger charge is -2.00. The quantitative estimate of drug-likeness (QED) is 0.446. The number of hydrogen-bond acceptors (Lipinski definition) is 6. The second-order valence-electron chi connectivity index (χ2n) is 2.72. The van der Waals surface area contributed by atoms with Crippen molar-refractivity contribution in [2.75, 3.05) is 0 Å². The minimum atomic E-state index is -0.597. The van der Waals surface area contributed by atoms with Gasteiger partial charge in [0.05, 0.1) is 11.1 Å². The molecule has 8 heteroatoms. The fourth-order valence-corrected chi connectivity index (χ4v) is 1.23. The van der Waals surface area contributed by atoms with Crippen molar-refractivity contribution in [2.24, 2.45) is 0 Å². The summed E-state index contributed by atoms with van der Waals surface area (Å²) in [5, 5.41) is 10.7. The van der Waals surface area contributed by atoms with Gasteiger partial charge in [0.1, 0.15) is 11.9 Å². The Morgan fingerprint density at radius 2 is 2.06 bits per heavy atom. The molecule has 0 aromatic carbocycles. The third-order valence-electron chi connectivity index (χ3n) is 1.74. The summed E-state index contributed by atoms with van der Waals surface area (Å²) < 4.78 is 0. The molecular weight excluding hydrogens is 234 g/mol. The molecule has 0 amide bonds. The first kappa shape index (κ1) is 10.4. The Hall–Kier alpha value is -2.15. The SMILES string of the molecule is O=[N+]([O-])c1cnc(Cl)nc1-c1cnccn1. The molecule has 2 aromatic rings. The molecule has 16 heavy (non-hydrogen) atoms. The van der Waals surface area contributed by atoms with Gasteiger partial charge in [-0.15, -0.1) is 0 Å². The van der Waals surface area contributed by atoms with Crippen LogP contribution in [-0.2, 0) is 0 Å². The van der Waals surface area contributed by atoms with E-state index >= 15 is 0 Å². The van der Waals surface area contributed by atoms with Crippen LogP contribution in [0.2, 0.25) is 5.28 Å². The average Bonchev–Trinajstić information content (AvgIpc) is 2.29. The van der Waals surface area contributed by atoms with Crippen LogP contribution in [0.5, 0.6) is 0 Å². The minimum Gasteiger partial charge on any atom is -0.261 e.